The number of nitrogens with one attached hydrogen (secondary N) is 2. The van der Waals surface area contributed by atoms with Gasteiger partial charge in [-0.1, -0.05) is 25.5 Å². The van der Waals surface area contributed by atoms with E-state index in [1.165, 1.54) is 31.2 Å². The van der Waals surface area contributed by atoms with E-state index in [1.54, 1.807) is 0 Å². The minimum absolute atomic E-state index is 0. The summed E-state index contributed by atoms with van der Waals surface area (Å²) in [6, 6.07) is 8.18. The highest BCUT2D eigenvalue weighted by atomic mass is 35.5. The van der Waals surface area contributed by atoms with E-state index in [1.807, 2.05) is 12.1 Å². The van der Waals surface area contributed by atoms with E-state index in [-0.39, 0.29) is 18.3 Å². The number of halogens is 1. The Morgan fingerprint density at radius 1 is 1.25 bits per heavy atom. The van der Waals surface area contributed by atoms with Crippen LogP contribution in [0.1, 0.15) is 38.2 Å². The first-order chi connectivity index (χ1) is 9.28. The number of aryl methyl sites for hydroxylation is 1. The van der Waals surface area contributed by atoms with Gasteiger partial charge in [-0.15, -0.1) is 12.4 Å². The van der Waals surface area contributed by atoms with E-state index in [4.69, 9.17) is 0 Å². The maximum Gasteiger partial charge on any atom is 0.238 e. The molecule has 0 aliphatic heterocycles. The summed E-state index contributed by atoms with van der Waals surface area (Å²) in [5.74, 6) is 0.854. The predicted octanol–water partition coefficient (Wildman–Crippen LogP) is 3.39. The van der Waals surface area contributed by atoms with Gasteiger partial charge in [0, 0.05) is 5.69 Å². The summed E-state index contributed by atoms with van der Waals surface area (Å²) in [6.07, 6.45) is 6.18. The molecule has 1 aliphatic carbocycles. The maximum absolute atomic E-state index is 11.7. The Kier molecular flexibility index (Phi) is 7.63. The van der Waals surface area contributed by atoms with E-state index >= 15 is 0 Å². The molecular formula is C16H25ClN2O. The molecule has 0 spiro atoms. The molecule has 0 radical (unpaired) electrons. The van der Waals surface area contributed by atoms with Crippen molar-refractivity contribution in [2.24, 2.45) is 5.92 Å². The zero-order valence-corrected chi connectivity index (χ0v) is 13.0. The van der Waals surface area contributed by atoms with Gasteiger partial charge in [-0.05, 0) is 55.8 Å². The Morgan fingerprint density at radius 3 is 2.55 bits per heavy atom. The van der Waals surface area contributed by atoms with Gasteiger partial charge in [0.05, 0.1) is 6.54 Å². The molecule has 4 heteroatoms. The lowest BCUT2D eigenvalue weighted by Gasteiger charge is -2.07. The molecule has 0 aromatic heterocycles. The quantitative estimate of drug-likeness (QED) is 0.772. The number of unbranched alkanes of at least 4 members (excludes halogenated alkanes) is 1. The van der Waals surface area contributed by atoms with Crippen LogP contribution in [0.3, 0.4) is 0 Å². The molecule has 1 aliphatic rings. The molecular weight excluding hydrogens is 272 g/mol. The standard InChI is InChI=1S/C16H24N2O.ClH/c1-2-3-4-13-7-9-15(10-8-13)18-16(19)12-17-11-14-5-6-14;/h7-10,14,17H,2-6,11-12H2,1H3,(H,18,19);1H. The zero-order chi connectivity index (χ0) is 13.5. The van der Waals surface area contributed by atoms with Crippen LogP contribution in [0.2, 0.25) is 0 Å². The summed E-state index contributed by atoms with van der Waals surface area (Å²) in [5, 5.41) is 6.11. The largest absolute Gasteiger partial charge is 0.325 e. The third kappa shape index (κ3) is 6.40. The second-order valence-corrected chi connectivity index (χ2v) is 5.42. The number of hydrogen-bond donors (Lipinski definition) is 2. The topological polar surface area (TPSA) is 41.1 Å². The van der Waals surface area contributed by atoms with E-state index in [0.717, 1.165) is 24.6 Å². The van der Waals surface area contributed by atoms with Crippen molar-refractivity contribution in [3.63, 3.8) is 0 Å². The summed E-state index contributed by atoms with van der Waals surface area (Å²) in [7, 11) is 0. The second kappa shape index (κ2) is 8.98. The van der Waals surface area contributed by atoms with Gasteiger partial charge in [-0.3, -0.25) is 4.79 Å². The number of anilines is 1. The lowest BCUT2D eigenvalue weighted by molar-refractivity contribution is -0.115. The van der Waals surface area contributed by atoms with Crippen LogP contribution in [0.4, 0.5) is 5.69 Å². The Labute approximate surface area is 127 Å². The zero-order valence-electron chi connectivity index (χ0n) is 12.2. The van der Waals surface area contributed by atoms with Crippen molar-refractivity contribution in [3.05, 3.63) is 29.8 Å². The molecule has 1 aromatic carbocycles. The van der Waals surface area contributed by atoms with Crippen LogP contribution in [0.15, 0.2) is 24.3 Å². The summed E-state index contributed by atoms with van der Waals surface area (Å²) < 4.78 is 0. The van der Waals surface area contributed by atoms with Gasteiger partial charge in [0.25, 0.3) is 0 Å². The van der Waals surface area contributed by atoms with E-state index in [2.05, 4.69) is 29.7 Å². The molecule has 0 bridgehead atoms. The number of amides is 1. The highest BCUT2D eigenvalue weighted by Crippen LogP contribution is 2.27. The summed E-state index contributed by atoms with van der Waals surface area (Å²) >= 11 is 0. The predicted molar refractivity (Wildman–Crippen MR) is 86.5 cm³/mol. The first-order valence-electron chi connectivity index (χ1n) is 7.37. The summed E-state index contributed by atoms with van der Waals surface area (Å²) in [6.45, 7) is 3.58. The van der Waals surface area contributed by atoms with Crippen molar-refractivity contribution in [1.29, 1.82) is 0 Å². The van der Waals surface area contributed by atoms with Gasteiger partial charge in [-0.2, -0.15) is 0 Å². The van der Waals surface area contributed by atoms with E-state index in [0.29, 0.717) is 6.54 Å². The molecule has 0 unspecified atom stereocenters. The number of carbonyl (C=O) groups excluding carboxylic acids is 1. The van der Waals surface area contributed by atoms with Crippen molar-refractivity contribution in [2.45, 2.75) is 39.0 Å². The number of rotatable bonds is 8. The Morgan fingerprint density at radius 2 is 1.95 bits per heavy atom. The van der Waals surface area contributed by atoms with Gasteiger partial charge in [-0.25, -0.2) is 0 Å². The third-order valence-electron chi connectivity index (χ3n) is 3.47. The van der Waals surface area contributed by atoms with Crippen molar-refractivity contribution in [2.75, 3.05) is 18.4 Å². The summed E-state index contributed by atoms with van der Waals surface area (Å²) in [4.78, 5) is 11.7. The molecule has 0 heterocycles. The maximum atomic E-state index is 11.7. The Bertz CT molecular complexity index is 401. The fraction of sp³-hybridized carbons (Fsp3) is 0.562. The highest BCUT2D eigenvalue weighted by Gasteiger charge is 2.20. The van der Waals surface area contributed by atoms with Gasteiger partial charge in [0.15, 0.2) is 0 Å². The molecule has 112 valence electrons. The molecule has 0 atom stereocenters. The van der Waals surface area contributed by atoms with Gasteiger partial charge < -0.3 is 10.6 Å². The van der Waals surface area contributed by atoms with Crippen molar-refractivity contribution in [1.82, 2.24) is 5.32 Å². The van der Waals surface area contributed by atoms with Crippen molar-refractivity contribution in [3.8, 4) is 0 Å². The fourth-order valence-electron chi connectivity index (χ4n) is 2.05. The van der Waals surface area contributed by atoms with Crippen LogP contribution in [0.25, 0.3) is 0 Å². The van der Waals surface area contributed by atoms with E-state index in [9.17, 15) is 4.79 Å². The normalized spacial score (nSPS) is 13.7. The average Bonchev–Trinajstić information content (AvgIpc) is 3.22. The molecule has 1 amide bonds. The van der Waals surface area contributed by atoms with Gasteiger partial charge in [0.2, 0.25) is 5.91 Å². The molecule has 20 heavy (non-hydrogen) atoms. The molecule has 2 rings (SSSR count). The Balaban J connectivity index is 0.00000200. The summed E-state index contributed by atoms with van der Waals surface area (Å²) in [5.41, 5.74) is 2.23. The van der Waals surface area contributed by atoms with E-state index < -0.39 is 0 Å². The molecule has 2 N–H and O–H groups in total. The molecule has 1 saturated carbocycles. The number of benzene rings is 1. The van der Waals surface area contributed by atoms with Gasteiger partial charge in [0.1, 0.15) is 0 Å². The smallest absolute Gasteiger partial charge is 0.238 e. The van der Waals surface area contributed by atoms with Crippen LogP contribution in [-0.4, -0.2) is 19.0 Å². The van der Waals surface area contributed by atoms with Crippen LogP contribution >= 0.6 is 12.4 Å². The van der Waals surface area contributed by atoms with Crippen molar-refractivity contribution < 1.29 is 4.79 Å². The van der Waals surface area contributed by atoms with Crippen LogP contribution in [0.5, 0.6) is 0 Å². The molecule has 0 saturated heterocycles. The lowest BCUT2D eigenvalue weighted by atomic mass is 10.1. The minimum Gasteiger partial charge on any atom is -0.325 e. The van der Waals surface area contributed by atoms with Crippen LogP contribution in [0, 0.1) is 5.92 Å². The van der Waals surface area contributed by atoms with Crippen molar-refractivity contribution >= 4 is 24.0 Å². The first kappa shape index (κ1) is 17.0. The third-order valence-corrected chi connectivity index (χ3v) is 3.47. The SMILES string of the molecule is CCCCc1ccc(NC(=O)CNCC2CC2)cc1.Cl. The van der Waals surface area contributed by atoms with Gasteiger partial charge >= 0.3 is 0 Å². The number of hydrogen-bond acceptors (Lipinski definition) is 2. The first-order valence-corrected chi connectivity index (χ1v) is 7.37. The Hall–Kier alpha value is -1.06. The fourth-order valence-corrected chi connectivity index (χ4v) is 2.05. The lowest BCUT2D eigenvalue weighted by Crippen LogP contribution is -2.29. The van der Waals surface area contributed by atoms with Crippen LogP contribution in [-0.2, 0) is 11.2 Å². The minimum atomic E-state index is 0. The average molecular weight is 297 g/mol. The molecule has 1 aromatic rings. The second-order valence-electron chi connectivity index (χ2n) is 5.42. The monoisotopic (exact) mass is 296 g/mol. The van der Waals surface area contributed by atoms with Crippen LogP contribution < -0.4 is 10.6 Å². The molecule has 3 nitrogen and oxygen atoms in total. The molecule has 1 fully saturated rings. The highest BCUT2D eigenvalue weighted by molar-refractivity contribution is 5.92. The number of carbonyl (C=O) groups is 1.